The zero-order valence-corrected chi connectivity index (χ0v) is 5.40. The monoisotopic (exact) mass is 133 g/mol. The quantitative estimate of drug-likeness (QED) is 0.458. The van der Waals surface area contributed by atoms with Gasteiger partial charge < -0.3 is 0 Å². The number of pyridine rings is 1. The molecule has 0 bridgehead atoms. The lowest BCUT2D eigenvalue weighted by Gasteiger charge is -1.67. The number of hydrogen-bond donors (Lipinski definition) is 0. The summed E-state index contributed by atoms with van der Waals surface area (Å²) in [4.78, 5) is 4.16. The Morgan fingerprint density at radius 2 is 2.44 bits per heavy atom. The van der Waals surface area contributed by atoms with E-state index in [2.05, 4.69) is 22.5 Å². The Bertz CT molecular complexity index is 389. The summed E-state index contributed by atoms with van der Waals surface area (Å²) in [6, 6.07) is 4.28. The molecule has 0 N–H and O–H groups in total. The van der Waals surface area contributed by atoms with Crippen LogP contribution in [0.5, 0.6) is 0 Å². The van der Waals surface area contributed by atoms with Crippen LogP contribution in [0.15, 0.2) is 17.5 Å². The van der Waals surface area contributed by atoms with Crippen LogP contribution < -0.4 is 0 Å². The van der Waals surface area contributed by atoms with Gasteiger partial charge in [-0.3, -0.25) is 0 Å². The molecule has 0 fully saturated rings. The maximum Gasteiger partial charge on any atom is 0.107 e. The Hall–Kier alpha value is -0.890. The Balaban J connectivity index is 2.74. The van der Waals surface area contributed by atoms with E-state index < -0.39 is 0 Å². The van der Waals surface area contributed by atoms with Crippen molar-refractivity contribution >= 4 is 21.4 Å². The number of thiophene rings is 1. The predicted octanol–water partition coefficient (Wildman–Crippen LogP) is 2.28. The Morgan fingerprint density at radius 3 is 3.33 bits per heavy atom. The lowest BCUT2D eigenvalue weighted by atomic mass is 10.4. The van der Waals surface area contributed by atoms with Crippen LogP contribution in [0, 0.1) is 0 Å². The minimum absolute atomic E-state index is 1.21. The van der Waals surface area contributed by atoms with E-state index in [9.17, 15) is 0 Å². The molecule has 1 aliphatic heterocycles. The fourth-order valence-electron chi connectivity index (χ4n) is 1.13. The van der Waals surface area contributed by atoms with Gasteiger partial charge in [-0.05, 0) is 22.9 Å². The molecule has 0 atom stereocenters. The summed E-state index contributed by atoms with van der Waals surface area (Å²) in [6.07, 6.45) is 0. The van der Waals surface area contributed by atoms with Crippen LogP contribution in [0.2, 0.25) is 0 Å². The van der Waals surface area contributed by atoms with Crippen molar-refractivity contribution in [3.8, 4) is 11.4 Å². The highest BCUT2D eigenvalue weighted by Crippen LogP contribution is 2.40. The highest BCUT2D eigenvalue weighted by Gasteiger charge is 2.20. The molecule has 0 saturated carbocycles. The predicted molar refractivity (Wildman–Crippen MR) is 38.6 cm³/mol. The second kappa shape index (κ2) is 1.02. The number of fused-ring (bicyclic) bond motifs is 3. The van der Waals surface area contributed by atoms with Gasteiger partial charge in [0.15, 0.2) is 0 Å². The molecule has 0 amide bonds. The first-order valence-corrected chi connectivity index (χ1v) is 3.72. The van der Waals surface area contributed by atoms with Crippen LogP contribution in [0.3, 0.4) is 0 Å². The van der Waals surface area contributed by atoms with E-state index in [0.717, 1.165) is 0 Å². The van der Waals surface area contributed by atoms with Crippen molar-refractivity contribution in [3.05, 3.63) is 17.5 Å². The smallest absolute Gasteiger partial charge is 0.107 e. The third kappa shape index (κ3) is 0.348. The van der Waals surface area contributed by atoms with Crippen molar-refractivity contribution in [3.63, 3.8) is 0 Å². The van der Waals surface area contributed by atoms with Gasteiger partial charge in [-0.15, -0.1) is 11.3 Å². The molecule has 0 aromatic carbocycles. The zero-order chi connectivity index (χ0) is 5.84. The average Bonchev–Trinajstić information content (AvgIpc) is 2.38. The first kappa shape index (κ1) is 4.01. The Morgan fingerprint density at radius 1 is 1.44 bits per heavy atom. The molecule has 9 heavy (non-hydrogen) atoms. The Kier molecular flexibility index (Phi) is 0.456. The summed E-state index contributed by atoms with van der Waals surface area (Å²) in [5.74, 6) is 0. The standard InChI is InChI=1S/C7H3NS/c1-2-9-7-4(1)3-5-6(7)8-5/h1-3H. The molecule has 3 rings (SSSR count). The summed E-state index contributed by atoms with van der Waals surface area (Å²) >= 11 is 1.78. The molecule has 42 valence electrons. The second-order valence-electron chi connectivity index (χ2n) is 2.20. The number of hydrogen-bond acceptors (Lipinski definition) is 2. The van der Waals surface area contributed by atoms with Crippen LogP contribution in [0.25, 0.3) is 21.5 Å². The van der Waals surface area contributed by atoms with E-state index in [-0.39, 0.29) is 0 Å². The van der Waals surface area contributed by atoms with Crippen molar-refractivity contribution in [2.24, 2.45) is 0 Å². The summed E-state index contributed by atoms with van der Waals surface area (Å²) < 4.78 is 1.37. The first-order chi connectivity index (χ1) is 4.45. The molecule has 1 aromatic rings. The van der Waals surface area contributed by atoms with Crippen molar-refractivity contribution in [2.75, 3.05) is 0 Å². The maximum atomic E-state index is 4.16. The minimum atomic E-state index is 1.21. The lowest BCUT2D eigenvalue weighted by molar-refractivity contribution is 1.71. The highest BCUT2D eigenvalue weighted by atomic mass is 32.1. The molecule has 1 nitrogen and oxygen atoms in total. The van der Waals surface area contributed by atoms with Gasteiger partial charge in [0.2, 0.25) is 0 Å². The van der Waals surface area contributed by atoms with Gasteiger partial charge >= 0.3 is 0 Å². The van der Waals surface area contributed by atoms with Gasteiger partial charge in [-0.1, -0.05) is 0 Å². The molecular weight excluding hydrogens is 130 g/mol. The fraction of sp³-hybridized carbons (Fsp3) is 0. The third-order valence-corrected chi connectivity index (χ3v) is 2.56. The average molecular weight is 133 g/mol. The van der Waals surface area contributed by atoms with E-state index >= 15 is 0 Å². The van der Waals surface area contributed by atoms with E-state index in [4.69, 9.17) is 0 Å². The van der Waals surface area contributed by atoms with Crippen LogP contribution in [0.1, 0.15) is 0 Å². The van der Waals surface area contributed by atoms with Gasteiger partial charge in [-0.25, -0.2) is 4.98 Å². The molecule has 2 aliphatic rings. The molecule has 0 unspecified atom stereocenters. The minimum Gasteiger partial charge on any atom is -0.243 e. The maximum absolute atomic E-state index is 4.16. The van der Waals surface area contributed by atoms with Crippen molar-refractivity contribution < 1.29 is 0 Å². The summed E-state index contributed by atoms with van der Waals surface area (Å²) in [5, 5.41) is 3.47. The zero-order valence-electron chi connectivity index (χ0n) is 4.59. The second-order valence-corrected chi connectivity index (χ2v) is 3.11. The fourth-order valence-corrected chi connectivity index (χ4v) is 2.01. The van der Waals surface area contributed by atoms with Crippen molar-refractivity contribution in [1.82, 2.24) is 4.98 Å². The van der Waals surface area contributed by atoms with Crippen LogP contribution >= 0.6 is 11.3 Å². The molecule has 0 saturated heterocycles. The Labute approximate surface area is 56.0 Å². The van der Waals surface area contributed by atoms with Gasteiger partial charge in [0.25, 0.3) is 0 Å². The molecule has 1 aliphatic carbocycles. The third-order valence-electron chi connectivity index (χ3n) is 1.63. The summed E-state index contributed by atoms with van der Waals surface area (Å²) in [7, 11) is 0. The van der Waals surface area contributed by atoms with E-state index in [0.29, 0.717) is 0 Å². The molecule has 2 heterocycles. The van der Waals surface area contributed by atoms with Crippen LogP contribution in [-0.4, -0.2) is 4.98 Å². The van der Waals surface area contributed by atoms with E-state index in [1.807, 2.05) is 0 Å². The first-order valence-electron chi connectivity index (χ1n) is 2.84. The van der Waals surface area contributed by atoms with E-state index in [1.54, 1.807) is 11.3 Å². The largest absolute Gasteiger partial charge is 0.243 e. The van der Waals surface area contributed by atoms with Crippen molar-refractivity contribution in [1.29, 1.82) is 0 Å². The van der Waals surface area contributed by atoms with Gasteiger partial charge in [0.1, 0.15) is 5.69 Å². The van der Waals surface area contributed by atoms with Gasteiger partial charge in [0.05, 0.1) is 10.4 Å². The summed E-state index contributed by atoms with van der Waals surface area (Å²) in [6.45, 7) is 0. The molecular formula is C7H3NS. The molecule has 0 spiro atoms. The van der Waals surface area contributed by atoms with Crippen molar-refractivity contribution in [2.45, 2.75) is 0 Å². The van der Waals surface area contributed by atoms with E-state index in [1.165, 1.54) is 21.5 Å². The summed E-state index contributed by atoms with van der Waals surface area (Å²) in [5.41, 5.74) is 2.44. The topological polar surface area (TPSA) is 12.9 Å². The van der Waals surface area contributed by atoms with Gasteiger partial charge in [-0.2, -0.15) is 0 Å². The van der Waals surface area contributed by atoms with Crippen LogP contribution in [-0.2, 0) is 0 Å². The lowest BCUT2D eigenvalue weighted by Crippen LogP contribution is -1.43. The molecule has 2 heteroatoms. The van der Waals surface area contributed by atoms with Crippen LogP contribution in [0.4, 0.5) is 0 Å². The molecule has 1 aromatic heterocycles. The number of nitrogens with zero attached hydrogens (tertiary/aromatic N) is 1. The normalized spacial score (nSPS) is 12.4. The van der Waals surface area contributed by atoms with Gasteiger partial charge in [0, 0.05) is 0 Å². The number of aromatic nitrogens is 1. The molecule has 0 radical (unpaired) electrons. The number of rotatable bonds is 0. The SMILES string of the molecule is c1cc2cc3nc-3c2s1. The highest BCUT2D eigenvalue weighted by molar-refractivity contribution is 7.18.